The van der Waals surface area contributed by atoms with Gasteiger partial charge in [-0.05, 0) is 43.1 Å². The van der Waals surface area contributed by atoms with Gasteiger partial charge in [0, 0.05) is 44.7 Å². The predicted octanol–water partition coefficient (Wildman–Crippen LogP) is 2.85. The van der Waals surface area contributed by atoms with Gasteiger partial charge in [-0.15, -0.1) is 0 Å². The van der Waals surface area contributed by atoms with Crippen LogP contribution in [0.4, 0.5) is 15.8 Å². The highest BCUT2D eigenvalue weighted by Gasteiger charge is 2.33. The lowest BCUT2D eigenvalue weighted by Crippen LogP contribution is -2.56. The van der Waals surface area contributed by atoms with E-state index in [-0.39, 0.29) is 36.7 Å². The van der Waals surface area contributed by atoms with E-state index >= 15 is 0 Å². The minimum absolute atomic E-state index is 0.177. The number of aliphatic hydroxyl groups excluding tert-OH is 1. The number of ether oxygens (including phenoxy) is 2. The Labute approximate surface area is 254 Å². The van der Waals surface area contributed by atoms with Crippen LogP contribution in [0.2, 0.25) is 5.02 Å². The Kier molecular flexibility index (Phi) is 9.99. The summed E-state index contributed by atoms with van der Waals surface area (Å²) in [6.45, 7) is 8.35. The van der Waals surface area contributed by atoms with Crippen LogP contribution in [0.3, 0.4) is 0 Å². The summed E-state index contributed by atoms with van der Waals surface area (Å²) >= 11 is 6.61. The number of halogens is 2. The van der Waals surface area contributed by atoms with Crippen LogP contribution in [-0.4, -0.2) is 117 Å². The SMILES string of the molecule is C=NC(=NC=Nc1ccc(N2CCN(C3COC3)CC2)c(Cl)c1)c1ccc(O[C@H]2CCN(C(=O)CO)C[C@H]2F)c(C#N)c1. The highest BCUT2D eigenvalue weighted by atomic mass is 35.5. The molecule has 13 heteroatoms. The van der Waals surface area contributed by atoms with E-state index < -0.39 is 24.8 Å². The van der Waals surface area contributed by atoms with E-state index in [0.29, 0.717) is 22.3 Å². The lowest BCUT2D eigenvalue weighted by molar-refractivity contribution is -0.138. The minimum Gasteiger partial charge on any atom is -0.486 e. The molecule has 3 aliphatic heterocycles. The number of hydrogen-bond donors (Lipinski definition) is 1. The summed E-state index contributed by atoms with van der Waals surface area (Å²) in [5.74, 6) is -0.0745. The fourth-order valence-electron chi connectivity index (χ4n) is 5.32. The molecular weight excluding hydrogens is 577 g/mol. The number of hydrogen-bond acceptors (Lipinski definition) is 8. The molecule has 0 aromatic heterocycles. The maximum Gasteiger partial charge on any atom is 0.248 e. The number of nitrogens with zero attached hydrogens (tertiary/aromatic N) is 7. The van der Waals surface area contributed by atoms with Gasteiger partial charge in [0.1, 0.15) is 30.9 Å². The fraction of sp³-hybridized carbons (Fsp3) is 0.433. The molecule has 1 amide bonds. The normalized spacial score (nSPS) is 21.9. The fourth-order valence-corrected chi connectivity index (χ4v) is 5.61. The summed E-state index contributed by atoms with van der Waals surface area (Å²) in [7, 11) is 0. The number of carbonyl (C=O) groups excluding carboxylic acids is 1. The first-order valence-electron chi connectivity index (χ1n) is 14.1. The third-order valence-electron chi connectivity index (χ3n) is 7.87. The molecule has 2 aromatic carbocycles. The van der Waals surface area contributed by atoms with Crippen LogP contribution in [0, 0.1) is 11.3 Å². The van der Waals surface area contributed by atoms with Crippen molar-refractivity contribution in [2.45, 2.75) is 24.7 Å². The molecule has 43 heavy (non-hydrogen) atoms. The van der Waals surface area contributed by atoms with Crippen LogP contribution < -0.4 is 9.64 Å². The van der Waals surface area contributed by atoms with Gasteiger partial charge in [0.2, 0.25) is 5.91 Å². The molecule has 5 rings (SSSR count). The van der Waals surface area contributed by atoms with E-state index in [9.17, 15) is 14.4 Å². The Morgan fingerprint density at radius 1 is 1.21 bits per heavy atom. The van der Waals surface area contributed by atoms with Crippen molar-refractivity contribution in [1.29, 1.82) is 5.26 Å². The molecule has 0 radical (unpaired) electrons. The zero-order chi connectivity index (χ0) is 30.3. The van der Waals surface area contributed by atoms with Gasteiger partial charge in [-0.25, -0.2) is 19.4 Å². The van der Waals surface area contributed by atoms with Crippen molar-refractivity contribution in [3.05, 3.63) is 52.5 Å². The van der Waals surface area contributed by atoms with Crippen LogP contribution in [0.15, 0.2) is 51.4 Å². The molecule has 11 nitrogen and oxygen atoms in total. The molecule has 0 aliphatic carbocycles. The summed E-state index contributed by atoms with van der Waals surface area (Å²) in [4.78, 5) is 30.3. The lowest BCUT2D eigenvalue weighted by Gasteiger charge is -2.43. The van der Waals surface area contributed by atoms with Gasteiger partial charge in [0.05, 0.1) is 47.8 Å². The molecule has 3 heterocycles. The van der Waals surface area contributed by atoms with E-state index in [1.807, 2.05) is 12.1 Å². The zero-order valence-electron chi connectivity index (χ0n) is 23.6. The first kappa shape index (κ1) is 30.6. The summed E-state index contributed by atoms with van der Waals surface area (Å²) in [6.07, 6.45) is -0.711. The number of carbonyl (C=O) groups is 1. The number of piperazine rings is 1. The van der Waals surface area contributed by atoms with Crippen LogP contribution in [-0.2, 0) is 9.53 Å². The number of anilines is 1. The van der Waals surface area contributed by atoms with Crippen molar-refractivity contribution in [2.75, 3.05) is 64.0 Å². The number of likely N-dealkylation sites (tertiary alicyclic amines) is 1. The average Bonchev–Trinajstić information content (AvgIpc) is 3.00. The number of piperidine rings is 1. The van der Waals surface area contributed by atoms with E-state index in [0.717, 1.165) is 45.1 Å². The Morgan fingerprint density at radius 3 is 2.63 bits per heavy atom. The summed E-state index contributed by atoms with van der Waals surface area (Å²) in [6, 6.07) is 13.0. The van der Waals surface area contributed by atoms with Gasteiger partial charge < -0.3 is 24.4 Å². The second-order valence-electron chi connectivity index (χ2n) is 10.5. The lowest BCUT2D eigenvalue weighted by atomic mass is 10.0. The number of aliphatic hydroxyl groups is 1. The maximum absolute atomic E-state index is 14.7. The summed E-state index contributed by atoms with van der Waals surface area (Å²) in [5.41, 5.74) is 2.28. The maximum atomic E-state index is 14.7. The van der Waals surface area contributed by atoms with E-state index in [1.54, 1.807) is 18.2 Å². The summed E-state index contributed by atoms with van der Waals surface area (Å²) < 4.78 is 25.8. The highest BCUT2D eigenvalue weighted by molar-refractivity contribution is 6.33. The van der Waals surface area contributed by atoms with Crippen molar-refractivity contribution in [2.24, 2.45) is 15.0 Å². The second-order valence-corrected chi connectivity index (χ2v) is 10.9. The van der Waals surface area contributed by atoms with E-state index in [4.69, 9.17) is 26.2 Å². The van der Waals surface area contributed by atoms with Gasteiger partial charge in [0.15, 0.2) is 12.0 Å². The Hall–Kier alpha value is -3.89. The average molecular weight is 610 g/mol. The predicted molar refractivity (Wildman–Crippen MR) is 163 cm³/mol. The highest BCUT2D eigenvalue weighted by Crippen LogP contribution is 2.31. The number of benzene rings is 2. The topological polar surface area (TPSA) is 126 Å². The molecule has 0 spiro atoms. The number of amidine groups is 1. The standard InChI is InChI=1S/C30H33ClFN7O4/c1-34-30(20-2-5-27(21(12-20)14-33)43-28-6-7-39(15-25(28)32)29(41)16-40)36-19-35-22-3-4-26(24(31)13-22)38-10-8-37(9-11-38)23-17-42-18-23/h2-5,12-13,19,23,25,28,40H,1,6-11,15-18H2/t25-,28+/m1/s1. The van der Waals surface area contributed by atoms with E-state index in [2.05, 4.69) is 37.6 Å². The molecule has 0 unspecified atom stereocenters. The van der Waals surface area contributed by atoms with Gasteiger partial charge in [-0.3, -0.25) is 9.69 Å². The van der Waals surface area contributed by atoms with Crippen molar-refractivity contribution >= 4 is 47.8 Å². The zero-order valence-corrected chi connectivity index (χ0v) is 24.4. The molecule has 226 valence electrons. The smallest absolute Gasteiger partial charge is 0.248 e. The van der Waals surface area contributed by atoms with Crippen molar-refractivity contribution < 1.29 is 23.8 Å². The molecule has 0 bridgehead atoms. The van der Waals surface area contributed by atoms with Gasteiger partial charge >= 0.3 is 0 Å². The minimum atomic E-state index is -1.46. The van der Waals surface area contributed by atoms with Gasteiger partial charge in [-0.2, -0.15) is 5.26 Å². The second kappa shape index (κ2) is 14.1. The van der Waals surface area contributed by atoms with E-state index in [1.165, 1.54) is 17.3 Å². The molecule has 2 atom stereocenters. The third kappa shape index (κ3) is 7.19. The first-order valence-corrected chi connectivity index (χ1v) is 14.4. The molecule has 0 saturated carbocycles. The molecule has 2 aromatic rings. The van der Waals surface area contributed by atoms with Crippen LogP contribution >= 0.6 is 11.6 Å². The van der Waals surface area contributed by atoms with Gasteiger partial charge in [-0.1, -0.05) is 11.6 Å². The van der Waals surface area contributed by atoms with Crippen molar-refractivity contribution in [3.63, 3.8) is 0 Å². The Balaban J connectivity index is 1.21. The number of amides is 1. The van der Waals surface area contributed by atoms with Crippen LogP contribution in [0.5, 0.6) is 5.75 Å². The number of alkyl halides is 1. The van der Waals surface area contributed by atoms with Crippen molar-refractivity contribution in [1.82, 2.24) is 9.80 Å². The molecule has 3 aliphatic rings. The first-order chi connectivity index (χ1) is 20.9. The van der Waals surface area contributed by atoms with Crippen molar-refractivity contribution in [3.8, 4) is 11.8 Å². The monoisotopic (exact) mass is 609 g/mol. The molecule has 3 saturated heterocycles. The quantitative estimate of drug-likeness (QED) is 0.360. The molecule has 1 N–H and O–H groups in total. The van der Waals surface area contributed by atoms with Gasteiger partial charge in [0.25, 0.3) is 0 Å². The van der Waals surface area contributed by atoms with Crippen LogP contribution in [0.25, 0.3) is 0 Å². The molecular formula is C30H33ClFN7O4. The molecule has 3 fully saturated rings. The number of rotatable bonds is 8. The third-order valence-corrected chi connectivity index (χ3v) is 8.17. The van der Waals surface area contributed by atoms with Crippen LogP contribution in [0.1, 0.15) is 17.5 Å². The summed E-state index contributed by atoms with van der Waals surface area (Å²) in [5, 5.41) is 19.3. The number of aliphatic imine (C=N–C) groups is 3. The Morgan fingerprint density at radius 2 is 2.00 bits per heavy atom. The number of nitriles is 1. The Bertz CT molecular complexity index is 1440. The largest absolute Gasteiger partial charge is 0.486 e.